The average Bonchev–Trinajstić information content (AvgIpc) is 3.37. The second-order valence-electron chi connectivity index (χ2n) is 9.42. The minimum Gasteiger partial charge on any atom is -0.363 e. The Balaban J connectivity index is 1.32. The van der Waals surface area contributed by atoms with E-state index in [2.05, 4.69) is 100 Å². The van der Waals surface area contributed by atoms with Crippen LogP contribution in [0.25, 0.3) is 0 Å². The predicted octanol–water partition coefficient (Wildman–Crippen LogP) is 4.69. The van der Waals surface area contributed by atoms with Gasteiger partial charge in [-0.15, -0.1) is 0 Å². The number of hydrogen-bond donors (Lipinski definition) is 1. The predicted molar refractivity (Wildman–Crippen MR) is 132 cm³/mol. The van der Waals surface area contributed by atoms with E-state index in [9.17, 15) is 4.79 Å². The van der Waals surface area contributed by atoms with Gasteiger partial charge in [-0.2, -0.15) is 0 Å². The molecule has 0 radical (unpaired) electrons. The summed E-state index contributed by atoms with van der Waals surface area (Å²) >= 11 is 0. The van der Waals surface area contributed by atoms with Gasteiger partial charge in [0.1, 0.15) is 6.17 Å². The van der Waals surface area contributed by atoms with E-state index in [1.54, 1.807) is 6.21 Å². The first-order valence-corrected chi connectivity index (χ1v) is 11.7. The molecule has 4 nitrogen and oxygen atoms in total. The van der Waals surface area contributed by atoms with Gasteiger partial charge in [0, 0.05) is 30.9 Å². The summed E-state index contributed by atoms with van der Waals surface area (Å²) in [7, 11) is 0. The first-order valence-electron chi connectivity index (χ1n) is 11.7. The van der Waals surface area contributed by atoms with Gasteiger partial charge >= 0.3 is 0 Å². The minimum atomic E-state index is -0.413. The van der Waals surface area contributed by atoms with Gasteiger partial charge in [0.25, 0.3) is 0 Å². The number of nitrogens with zero attached hydrogens (tertiary/aromatic N) is 2. The number of carbonyl (C=O) groups is 1. The van der Waals surface area contributed by atoms with E-state index in [1.165, 1.54) is 27.9 Å². The molecule has 4 heteroatoms. The molecule has 1 spiro atoms. The third-order valence-corrected chi connectivity index (χ3v) is 7.36. The number of aliphatic imine (C=N–C) groups is 1. The molecular formula is C29H27N3O. The lowest BCUT2D eigenvalue weighted by Gasteiger charge is -2.27. The van der Waals surface area contributed by atoms with E-state index >= 15 is 0 Å². The van der Waals surface area contributed by atoms with Gasteiger partial charge in [-0.05, 0) is 53.3 Å². The highest BCUT2D eigenvalue weighted by Gasteiger charge is 2.56. The first kappa shape index (κ1) is 20.0. The second-order valence-corrected chi connectivity index (χ2v) is 9.42. The molecule has 2 aliphatic heterocycles. The largest absolute Gasteiger partial charge is 0.363 e. The number of hydrogen-bond acceptors (Lipinski definition) is 3. The number of anilines is 1. The number of carbonyl (C=O) groups excluding carboxylic acids is 1. The molecule has 3 aromatic carbocycles. The first-order chi connectivity index (χ1) is 16.2. The summed E-state index contributed by atoms with van der Waals surface area (Å²) in [5.41, 5.74) is 5.94. The maximum absolute atomic E-state index is 13.1. The zero-order chi connectivity index (χ0) is 22.3. The molecular weight excluding hydrogens is 406 g/mol. The molecule has 164 valence electrons. The SMILES string of the molecule is O=C1NC2N=CC=CC2[C@]12Cc1ccc(N(Cc3ccccc3)Cc3ccccc3)cc1C2. The Bertz CT molecular complexity index is 1190. The molecule has 33 heavy (non-hydrogen) atoms. The maximum Gasteiger partial charge on any atom is 0.229 e. The Hall–Kier alpha value is -3.66. The molecule has 1 aliphatic carbocycles. The molecule has 0 saturated carbocycles. The molecule has 0 aromatic heterocycles. The van der Waals surface area contributed by atoms with Crippen molar-refractivity contribution in [1.29, 1.82) is 0 Å². The van der Waals surface area contributed by atoms with Crippen molar-refractivity contribution in [2.45, 2.75) is 32.1 Å². The summed E-state index contributed by atoms with van der Waals surface area (Å²) in [5.74, 6) is 0.264. The molecule has 3 aromatic rings. The highest BCUT2D eigenvalue weighted by atomic mass is 16.2. The molecule has 0 bridgehead atoms. The number of nitrogens with one attached hydrogen (secondary N) is 1. The molecule has 1 N–H and O–H groups in total. The van der Waals surface area contributed by atoms with Crippen molar-refractivity contribution in [3.8, 4) is 0 Å². The summed E-state index contributed by atoms with van der Waals surface area (Å²) in [6.45, 7) is 1.67. The summed E-state index contributed by atoms with van der Waals surface area (Å²) < 4.78 is 0. The Morgan fingerprint density at radius 2 is 1.55 bits per heavy atom. The van der Waals surface area contributed by atoms with Crippen molar-refractivity contribution in [3.63, 3.8) is 0 Å². The van der Waals surface area contributed by atoms with Crippen LogP contribution in [0.5, 0.6) is 0 Å². The maximum atomic E-state index is 13.1. The fourth-order valence-corrected chi connectivity index (χ4v) is 5.68. The number of fused-ring (bicyclic) bond motifs is 3. The zero-order valence-corrected chi connectivity index (χ0v) is 18.5. The Kier molecular flexibility index (Phi) is 4.87. The third-order valence-electron chi connectivity index (χ3n) is 7.36. The van der Waals surface area contributed by atoms with Gasteiger partial charge in [0.05, 0.1) is 5.41 Å². The third kappa shape index (κ3) is 3.56. The van der Waals surface area contributed by atoms with Crippen LogP contribution >= 0.6 is 0 Å². The number of amides is 1. The normalized spacial score (nSPS) is 24.5. The van der Waals surface area contributed by atoms with E-state index in [0.717, 1.165) is 25.9 Å². The summed E-state index contributed by atoms with van der Waals surface area (Å²) in [6, 6.07) is 28.0. The van der Waals surface area contributed by atoms with E-state index in [1.807, 2.05) is 6.08 Å². The van der Waals surface area contributed by atoms with E-state index in [4.69, 9.17) is 0 Å². The summed E-state index contributed by atoms with van der Waals surface area (Å²) in [6.07, 6.45) is 7.38. The molecule has 1 amide bonds. The van der Waals surface area contributed by atoms with Crippen LogP contribution in [0, 0.1) is 11.3 Å². The number of rotatable bonds is 5. The number of dihydropyridines is 1. The highest BCUT2D eigenvalue weighted by Crippen LogP contribution is 2.49. The van der Waals surface area contributed by atoms with E-state index in [0.29, 0.717) is 0 Å². The zero-order valence-electron chi connectivity index (χ0n) is 18.5. The van der Waals surface area contributed by atoms with Gasteiger partial charge in [0.2, 0.25) is 5.91 Å². The van der Waals surface area contributed by atoms with Gasteiger partial charge in [-0.1, -0.05) is 72.8 Å². The fraction of sp³-hybridized carbons (Fsp3) is 0.241. The average molecular weight is 434 g/mol. The molecule has 2 unspecified atom stereocenters. The second kappa shape index (κ2) is 8.04. The Labute approximate surface area is 194 Å². The van der Waals surface area contributed by atoms with Crippen molar-refractivity contribution in [1.82, 2.24) is 5.32 Å². The molecule has 2 heterocycles. The molecule has 1 saturated heterocycles. The van der Waals surface area contributed by atoms with E-state index < -0.39 is 5.41 Å². The fourth-order valence-electron chi connectivity index (χ4n) is 5.68. The van der Waals surface area contributed by atoms with Crippen LogP contribution in [0.3, 0.4) is 0 Å². The van der Waals surface area contributed by atoms with Crippen LogP contribution in [-0.4, -0.2) is 18.3 Å². The van der Waals surface area contributed by atoms with Gasteiger partial charge in [-0.3, -0.25) is 9.79 Å². The monoisotopic (exact) mass is 433 g/mol. The van der Waals surface area contributed by atoms with Crippen LogP contribution in [0.15, 0.2) is 96.0 Å². The van der Waals surface area contributed by atoms with Crippen molar-refractivity contribution in [2.75, 3.05) is 4.90 Å². The van der Waals surface area contributed by atoms with Crippen molar-refractivity contribution >= 4 is 17.8 Å². The van der Waals surface area contributed by atoms with Crippen LogP contribution in [0.4, 0.5) is 5.69 Å². The molecule has 6 rings (SSSR count). The minimum absolute atomic E-state index is 0.121. The van der Waals surface area contributed by atoms with Gasteiger partial charge in [0.15, 0.2) is 0 Å². The lowest BCUT2D eigenvalue weighted by atomic mass is 9.73. The molecule has 1 fully saturated rings. The topological polar surface area (TPSA) is 44.7 Å². The van der Waals surface area contributed by atoms with Gasteiger partial charge < -0.3 is 10.2 Å². The number of allylic oxidation sites excluding steroid dienone is 1. The number of benzene rings is 3. The van der Waals surface area contributed by atoms with Crippen LogP contribution < -0.4 is 10.2 Å². The van der Waals surface area contributed by atoms with E-state index in [-0.39, 0.29) is 18.0 Å². The highest BCUT2D eigenvalue weighted by molar-refractivity contribution is 5.89. The Morgan fingerprint density at radius 1 is 0.879 bits per heavy atom. The molecule has 3 atom stereocenters. The summed E-state index contributed by atoms with van der Waals surface area (Å²) in [4.78, 5) is 20.0. The van der Waals surface area contributed by atoms with Crippen LogP contribution in [-0.2, 0) is 30.7 Å². The van der Waals surface area contributed by atoms with Crippen molar-refractivity contribution in [2.24, 2.45) is 16.3 Å². The van der Waals surface area contributed by atoms with Crippen LogP contribution in [0.1, 0.15) is 22.3 Å². The van der Waals surface area contributed by atoms with Crippen LogP contribution in [0.2, 0.25) is 0 Å². The van der Waals surface area contributed by atoms with Crippen molar-refractivity contribution in [3.05, 3.63) is 113 Å². The summed E-state index contributed by atoms with van der Waals surface area (Å²) in [5, 5.41) is 3.13. The van der Waals surface area contributed by atoms with Gasteiger partial charge in [-0.25, -0.2) is 0 Å². The smallest absolute Gasteiger partial charge is 0.229 e. The quantitative estimate of drug-likeness (QED) is 0.634. The lowest BCUT2D eigenvalue weighted by molar-refractivity contribution is -0.128. The van der Waals surface area contributed by atoms with Crippen molar-refractivity contribution < 1.29 is 4.79 Å². The molecule has 3 aliphatic rings. The standard InChI is InChI=1S/C29H27N3O/c33-28-29(26-12-7-15-30-27(26)31-28)17-23-13-14-25(16-24(23)18-29)32(19-21-8-3-1-4-9-21)20-22-10-5-2-6-11-22/h1-16,26-27H,17-20H2,(H,31,33)/t26?,27?,29-/m1/s1. The Morgan fingerprint density at radius 3 is 2.24 bits per heavy atom. The lowest BCUT2D eigenvalue weighted by Crippen LogP contribution is -2.35.